The number of H-pyrrole nitrogens is 1. The molecule has 3 aromatic rings. The van der Waals surface area contributed by atoms with Crippen LogP contribution in [0.5, 0.6) is 0 Å². The summed E-state index contributed by atoms with van der Waals surface area (Å²) in [5.41, 5.74) is 3.14. The van der Waals surface area contributed by atoms with Crippen LogP contribution in [0.4, 0.5) is 5.13 Å². The second-order valence-corrected chi connectivity index (χ2v) is 10.2. The monoisotopic (exact) mass is 470 g/mol. The molecule has 3 heterocycles. The molecule has 1 amide bonds. The van der Waals surface area contributed by atoms with Crippen molar-refractivity contribution in [3.05, 3.63) is 45.7 Å². The van der Waals surface area contributed by atoms with E-state index in [0.29, 0.717) is 22.9 Å². The molecule has 32 heavy (non-hydrogen) atoms. The highest BCUT2D eigenvalue weighted by Gasteiger charge is 2.22. The summed E-state index contributed by atoms with van der Waals surface area (Å²) >= 11 is 6.86. The van der Waals surface area contributed by atoms with Crippen molar-refractivity contribution in [3.63, 3.8) is 0 Å². The maximum absolute atomic E-state index is 12.6. The van der Waals surface area contributed by atoms with Crippen LogP contribution < -0.4 is 5.32 Å². The van der Waals surface area contributed by atoms with Crippen LogP contribution in [0.25, 0.3) is 11.4 Å². The standard InChI is InChI=1S/C23H30N6OS2/c1-15-5-4-6-18(10-15)21-26-27-23(31)29(21)8-7-20(30)25-22-24-19(14-32-22)13-28-11-16(2)9-17(3)12-28/h4-6,10,14,16-17H,7-9,11-13H2,1-3H3,(H,27,31)(H,24,25,30). The van der Waals surface area contributed by atoms with Gasteiger partial charge in [0, 0.05) is 43.5 Å². The van der Waals surface area contributed by atoms with E-state index in [4.69, 9.17) is 12.2 Å². The molecule has 0 spiro atoms. The van der Waals surface area contributed by atoms with Gasteiger partial charge in [-0.2, -0.15) is 5.10 Å². The van der Waals surface area contributed by atoms with Crippen molar-refractivity contribution >= 4 is 34.6 Å². The number of amides is 1. The number of nitrogens with zero attached hydrogens (tertiary/aromatic N) is 4. The number of anilines is 1. The van der Waals surface area contributed by atoms with E-state index < -0.39 is 0 Å². The third-order valence-corrected chi connectivity index (χ3v) is 6.84. The van der Waals surface area contributed by atoms with Gasteiger partial charge >= 0.3 is 0 Å². The number of hydrogen-bond acceptors (Lipinski definition) is 6. The molecule has 2 unspecified atom stereocenters. The molecule has 2 atom stereocenters. The van der Waals surface area contributed by atoms with Crippen molar-refractivity contribution in [2.75, 3.05) is 18.4 Å². The number of carbonyl (C=O) groups excluding carboxylic acids is 1. The summed E-state index contributed by atoms with van der Waals surface area (Å²) in [5.74, 6) is 2.10. The number of thiazole rings is 1. The molecule has 9 heteroatoms. The minimum absolute atomic E-state index is 0.0793. The van der Waals surface area contributed by atoms with Crippen molar-refractivity contribution in [2.24, 2.45) is 11.8 Å². The van der Waals surface area contributed by atoms with Gasteiger partial charge in [0.25, 0.3) is 0 Å². The number of likely N-dealkylation sites (tertiary alicyclic amines) is 1. The van der Waals surface area contributed by atoms with Crippen LogP contribution in [-0.2, 0) is 17.9 Å². The lowest BCUT2D eigenvalue weighted by atomic mass is 9.92. The van der Waals surface area contributed by atoms with Crippen molar-refractivity contribution in [1.29, 1.82) is 0 Å². The number of rotatable bonds is 7. The molecule has 1 aliphatic heterocycles. The Morgan fingerprint density at radius 1 is 1.31 bits per heavy atom. The topological polar surface area (TPSA) is 78.8 Å². The summed E-state index contributed by atoms with van der Waals surface area (Å²) < 4.78 is 2.38. The molecule has 4 rings (SSSR count). The zero-order valence-electron chi connectivity index (χ0n) is 18.8. The van der Waals surface area contributed by atoms with Gasteiger partial charge < -0.3 is 5.32 Å². The summed E-state index contributed by atoms with van der Waals surface area (Å²) in [6, 6.07) is 8.08. The van der Waals surface area contributed by atoms with E-state index >= 15 is 0 Å². The maximum atomic E-state index is 12.6. The number of carbonyl (C=O) groups is 1. The number of aromatic nitrogens is 4. The summed E-state index contributed by atoms with van der Waals surface area (Å²) in [7, 11) is 0. The van der Waals surface area contributed by atoms with Gasteiger partial charge in [-0.15, -0.1) is 11.3 Å². The normalized spacial score (nSPS) is 19.2. The van der Waals surface area contributed by atoms with E-state index in [9.17, 15) is 4.79 Å². The average molecular weight is 471 g/mol. The van der Waals surface area contributed by atoms with Crippen LogP contribution >= 0.6 is 23.6 Å². The SMILES string of the molecule is Cc1cccc(-c2n[nH]c(=S)n2CCC(=O)Nc2nc(CN3CC(C)CC(C)C3)cs2)c1. The molecule has 1 saturated heterocycles. The Bertz CT molecular complexity index is 1120. The van der Waals surface area contributed by atoms with Crippen molar-refractivity contribution in [3.8, 4) is 11.4 Å². The minimum atomic E-state index is -0.0793. The summed E-state index contributed by atoms with van der Waals surface area (Å²) in [6.45, 7) is 10.2. The predicted molar refractivity (Wildman–Crippen MR) is 131 cm³/mol. The zero-order chi connectivity index (χ0) is 22.7. The second kappa shape index (κ2) is 10.1. The average Bonchev–Trinajstić information content (AvgIpc) is 3.31. The molecule has 1 fully saturated rings. The molecule has 0 aliphatic carbocycles. The molecule has 0 saturated carbocycles. The lowest BCUT2D eigenvalue weighted by Crippen LogP contribution is -2.38. The van der Waals surface area contributed by atoms with Crippen LogP contribution in [-0.4, -0.2) is 43.6 Å². The summed E-state index contributed by atoms with van der Waals surface area (Å²) in [4.78, 5) is 19.7. The van der Waals surface area contributed by atoms with Gasteiger partial charge in [-0.3, -0.25) is 19.4 Å². The number of nitrogens with one attached hydrogen (secondary N) is 2. The van der Waals surface area contributed by atoms with Gasteiger partial charge in [0.2, 0.25) is 5.91 Å². The Hall–Kier alpha value is -2.36. The first kappa shape index (κ1) is 22.8. The van der Waals surface area contributed by atoms with Crippen LogP contribution in [0.15, 0.2) is 29.6 Å². The molecule has 7 nitrogen and oxygen atoms in total. The zero-order valence-corrected chi connectivity index (χ0v) is 20.4. The van der Waals surface area contributed by atoms with Crippen LogP contribution in [0.2, 0.25) is 0 Å². The third kappa shape index (κ3) is 5.70. The number of benzene rings is 1. The van der Waals surface area contributed by atoms with Gasteiger partial charge in [-0.1, -0.05) is 37.6 Å². The molecule has 0 bridgehead atoms. The molecule has 1 aromatic carbocycles. The molecule has 2 N–H and O–H groups in total. The Balaban J connectivity index is 1.34. The van der Waals surface area contributed by atoms with E-state index in [2.05, 4.69) is 45.3 Å². The Morgan fingerprint density at radius 3 is 2.84 bits per heavy atom. The molecule has 0 radical (unpaired) electrons. The van der Waals surface area contributed by atoms with Gasteiger partial charge in [-0.25, -0.2) is 4.98 Å². The van der Waals surface area contributed by atoms with Crippen molar-refractivity contribution in [1.82, 2.24) is 24.6 Å². The van der Waals surface area contributed by atoms with Gasteiger partial charge in [0.15, 0.2) is 15.7 Å². The van der Waals surface area contributed by atoms with Gasteiger partial charge in [0.1, 0.15) is 0 Å². The van der Waals surface area contributed by atoms with Gasteiger partial charge in [0.05, 0.1) is 5.69 Å². The minimum Gasteiger partial charge on any atom is -0.302 e. The highest BCUT2D eigenvalue weighted by molar-refractivity contribution is 7.71. The number of aryl methyl sites for hydroxylation is 1. The highest BCUT2D eigenvalue weighted by atomic mass is 32.1. The third-order valence-electron chi connectivity index (χ3n) is 5.73. The number of hydrogen-bond donors (Lipinski definition) is 2. The number of piperidine rings is 1. The lowest BCUT2D eigenvalue weighted by molar-refractivity contribution is -0.116. The first-order chi connectivity index (χ1) is 15.4. The molecular formula is C23H30N6OS2. The van der Waals surface area contributed by atoms with Crippen LogP contribution in [0.1, 0.15) is 37.9 Å². The molecule has 1 aliphatic rings. The van der Waals surface area contributed by atoms with E-state index in [0.717, 1.165) is 54.1 Å². The predicted octanol–water partition coefficient (Wildman–Crippen LogP) is 4.88. The maximum Gasteiger partial charge on any atom is 0.227 e. The van der Waals surface area contributed by atoms with E-state index in [1.807, 2.05) is 35.1 Å². The first-order valence-corrected chi connectivity index (χ1v) is 12.3. The fourth-order valence-electron chi connectivity index (χ4n) is 4.51. The molecule has 2 aromatic heterocycles. The van der Waals surface area contributed by atoms with Gasteiger partial charge in [-0.05, 0) is 43.5 Å². The quantitative estimate of drug-likeness (QED) is 0.481. The van der Waals surface area contributed by atoms with Crippen LogP contribution in [0.3, 0.4) is 0 Å². The second-order valence-electron chi connectivity index (χ2n) is 8.96. The Labute approximate surface area is 197 Å². The summed E-state index contributed by atoms with van der Waals surface area (Å²) in [5, 5.41) is 12.8. The van der Waals surface area contributed by atoms with E-state index in [1.165, 1.54) is 17.8 Å². The fourth-order valence-corrected chi connectivity index (χ4v) is 5.45. The Morgan fingerprint density at radius 2 is 2.09 bits per heavy atom. The smallest absolute Gasteiger partial charge is 0.227 e. The highest BCUT2D eigenvalue weighted by Crippen LogP contribution is 2.24. The van der Waals surface area contributed by atoms with E-state index in [1.54, 1.807) is 0 Å². The fraction of sp³-hybridized carbons (Fsp3) is 0.478. The van der Waals surface area contributed by atoms with Crippen molar-refractivity contribution in [2.45, 2.75) is 46.7 Å². The van der Waals surface area contributed by atoms with E-state index in [-0.39, 0.29) is 5.91 Å². The molecule has 170 valence electrons. The van der Waals surface area contributed by atoms with Crippen LogP contribution in [0, 0.1) is 23.5 Å². The number of aromatic amines is 1. The first-order valence-electron chi connectivity index (χ1n) is 11.1. The lowest BCUT2D eigenvalue weighted by Gasteiger charge is -2.34. The summed E-state index contributed by atoms with van der Waals surface area (Å²) in [6.07, 6.45) is 1.59. The Kier molecular flexibility index (Phi) is 7.17. The molecular weight excluding hydrogens is 440 g/mol. The van der Waals surface area contributed by atoms with Crippen molar-refractivity contribution < 1.29 is 4.79 Å². The largest absolute Gasteiger partial charge is 0.302 e.